The molecule has 42 heavy (non-hydrogen) atoms. The highest BCUT2D eigenvalue weighted by atomic mass is 32.2. The van der Waals surface area contributed by atoms with Crippen LogP contribution in [-0.4, -0.2) is 28.2 Å². The molecule has 9 heteroatoms. The van der Waals surface area contributed by atoms with Crippen LogP contribution in [0.5, 0.6) is 5.88 Å². The standard InChI is InChI=1S/C33H35N3O5S/c1-5-7-14-29-35-31(37)30(32(38)36(29)28(6-2)25-12-8-10-22(19-25)21-34)42(40,41)27-17-15-23(16-18-27)24-11-9-13-26(20-24)33(3,4)39/h8-13,15-20,28,37,39H,5-7,14H2,1-4H3. The van der Waals surface area contributed by atoms with Gasteiger partial charge in [-0.3, -0.25) is 9.36 Å². The summed E-state index contributed by atoms with van der Waals surface area (Å²) >= 11 is 0. The van der Waals surface area contributed by atoms with Crippen molar-refractivity contribution in [1.82, 2.24) is 9.55 Å². The number of aliphatic hydroxyl groups is 1. The molecule has 0 spiro atoms. The van der Waals surface area contributed by atoms with Gasteiger partial charge in [0.15, 0.2) is 4.90 Å². The monoisotopic (exact) mass is 585 g/mol. The minimum atomic E-state index is -4.47. The Morgan fingerprint density at radius 2 is 1.69 bits per heavy atom. The molecule has 4 rings (SSSR count). The lowest BCUT2D eigenvalue weighted by molar-refractivity contribution is 0.0786. The summed E-state index contributed by atoms with van der Waals surface area (Å²) in [5.74, 6) is -0.542. The summed E-state index contributed by atoms with van der Waals surface area (Å²) in [6.45, 7) is 7.23. The molecule has 1 heterocycles. The van der Waals surface area contributed by atoms with Crippen molar-refractivity contribution in [2.45, 2.75) is 74.8 Å². The Hall–Kier alpha value is -4.26. The number of hydrogen-bond acceptors (Lipinski definition) is 7. The van der Waals surface area contributed by atoms with Crippen LogP contribution in [0.15, 0.2) is 87.4 Å². The highest BCUT2D eigenvalue weighted by Crippen LogP contribution is 2.31. The van der Waals surface area contributed by atoms with Crippen LogP contribution in [-0.2, 0) is 21.9 Å². The molecule has 8 nitrogen and oxygen atoms in total. The molecule has 0 fully saturated rings. The van der Waals surface area contributed by atoms with E-state index in [9.17, 15) is 28.7 Å². The van der Waals surface area contributed by atoms with Crippen LogP contribution >= 0.6 is 0 Å². The van der Waals surface area contributed by atoms with Crippen molar-refractivity contribution in [3.8, 4) is 23.1 Å². The molecule has 0 aliphatic rings. The molecular weight excluding hydrogens is 550 g/mol. The largest absolute Gasteiger partial charge is 0.492 e. The average molecular weight is 586 g/mol. The van der Waals surface area contributed by atoms with E-state index in [1.807, 2.05) is 38.1 Å². The zero-order chi connectivity index (χ0) is 30.7. The average Bonchev–Trinajstić information content (AvgIpc) is 2.97. The first-order valence-corrected chi connectivity index (χ1v) is 15.4. The van der Waals surface area contributed by atoms with Crippen molar-refractivity contribution in [1.29, 1.82) is 5.26 Å². The van der Waals surface area contributed by atoms with Gasteiger partial charge in [-0.25, -0.2) is 8.42 Å². The number of aromatic nitrogens is 2. The number of rotatable bonds is 10. The Morgan fingerprint density at radius 1 is 1.00 bits per heavy atom. The van der Waals surface area contributed by atoms with Crippen molar-refractivity contribution in [3.05, 3.63) is 106 Å². The lowest BCUT2D eigenvalue weighted by atomic mass is 9.94. The minimum absolute atomic E-state index is 0.161. The maximum absolute atomic E-state index is 14.0. The molecule has 0 aliphatic carbocycles. The maximum Gasteiger partial charge on any atom is 0.277 e. The van der Waals surface area contributed by atoms with Crippen molar-refractivity contribution < 1.29 is 18.6 Å². The van der Waals surface area contributed by atoms with Crippen LogP contribution in [0.1, 0.15) is 75.5 Å². The molecular formula is C33H35N3O5S. The lowest BCUT2D eigenvalue weighted by Crippen LogP contribution is -2.33. The zero-order valence-electron chi connectivity index (χ0n) is 24.2. The second-order valence-electron chi connectivity index (χ2n) is 10.8. The Kier molecular flexibility index (Phi) is 9.00. The van der Waals surface area contributed by atoms with Crippen molar-refractivity contribution in [2.75, 3.05) is 0 Å². The second kappa shape index (κ2) is 12.3. The van der Waals surface area contributed by atoms with Gasteiger partial charge in [-0.05, 0) is 79.3 Å². The van der Waals surface area contributed by atoms with Gasteiger partial charge < -0.3 is 10.2 Å². The first kappa shape index (κ1) is 30.7. The normalized spacial score (nSPS) is 12.6. The highest BCUT2D eigenvalue weighted by molar-refractivity contribution is 7.91. The SMILES string of the molecule is CCCCc1nc(O)c(S(=O)(=O)c2ccc(-c3cccc(C(C)(C)O)c3)cc2)c(=O)n1C(CC)c1cccc(C#N)c1. The number of aryl methyl sites for hydroxylation is 1. The zero-order valence-corrected chi connectivity index (χ0v) is 25.0. The summed E-state index contributed by atoms with van der Waals surface area (Å²) < 4.78 is 29.0. The fraction of sp³-hybridized carbons (Fsp3) is 0.303. The van der Waals surface area contributed by atoms with E-state index in [-0.39, 0.29) is 10.7 Å². The van der Waals surface area contributed by atoms with Crippen LogP contribution < -0.4 is 5.56 Å². The third-order valence-corrected chi connectivity index (χ3v) is 9.11. The topological polar surface area (TPSA) is 133 Å². The number of nitriles is 1. The van der Waals surface area contributed by atoms with Crippen molar-refractivity contribution in [2.24, 2.45) is 0 Å². The van der Waals surface area contributed by atoms with Crippen molar-refractivity contribution in [3.63, 3.8) is 0 Å². The quantitative estimate of drug-likeness (QED) is 0.237. The molecule has 0 aliphatic heterocycles. The van der Waals surface area contributed by atoms with E-state index in [0.717, 1.165) is 17.5 Å². The Balaban J connectivity index is 1.84. The van der Waals surface area contributed by atoms with Gasteiger partial charge in [0.05, 0.1) is 28.2 Å². The Labute approximate surface area is 246 Å². The molecule has 1 atom stereocenters. The van der Waals surface area contributed by atoms with Crippen molar-refractivity contribution >= 4 is 9.84 Å². The van der Waals surface area contributed by atoms with Gasteiger partial charge in [-0.1, -0.05) is 62.7 Å². The smallest absolute Gasteiger partial charge is 0.277 e. The summed E-state index contributed by atoms with van der Waals surface area (Å²) in [7, 11) is -4.47. The summed E-state index contributed by atoms with van der Waals surface area (Å²) in [6, 6.07) is 21.7. The van der Waals surface area contributed by atoms with Gasteiger partial charge in [0.1, 0.15) is 5.82 Å². The van der Waals surface area contributed by atoms with E-state index >= 15 is 0 Å². The van der Waals surface area contributed by atoms with E-state index in [2.05, 4.69) is 11.1 Å². The number of unbranched alkanes of at least 4 members (excludes halogenated alkanes) is 1. The Morgan fingerprint density at radius 3 is 2.31 bits per heavy atom. The summed E-state index contributed by atoms with van der Waals surface area (Å²) in [4.78, 5) is 17.3. The van der Waals surface area contributed by atoms with Gasteiger partial charge in [0.2, 0.25) is 15.7 Å². The van der Waals surface area contributed by atoms with Crippen LogP contribution in [0.3, 0.4) is 0 Å². The van der Waals surface area contributed by atoms with Gasteiger partial charge in [0, 0.05) is 6.42 Å². The number of hydrogen-bond donors (Lipinski definition) is 2. The Bertz CT molecular complexity index is 1800. The fourth-order valence-corrected chi connectivity index (χ4v) is 6.37. The summed E-state index contributed by atoms with van der Waals surface area (Å²) in [5, 5.41) is 30.7. The first-order chi connectivity index (χ1) is 19.9. The molecule has 0 saturated heterocycles. The van der Waals surface area contributed by atoms with Gasteiger partial charge >= 0.3 is 0 Å². The molecule has 0 saturated carbocycles. The second-order valence-corrected chi connectivity index (χ2v) is 12.7. The molecule has 1 aromatic heterocycles. The number of aromatic hydroxyl groups is 1. The van der Waals surface area contributed by atoms with E-state index < -0.39 is 37.8 Å². The number of sulfone groups is 1. The van der Waals surface area contributed by atoms with Gasteiger partial charge in [-0.15, -0.1) is 0 Å². The first-order valence-electron chi connectivity index (χ1n) is 13.9. The van der Waals surface area contributed by atoms with E-state index in [1.54, 1.807) is 50.2 Å². The van der Waals surface area contributed by atoms with E-state index in [1.165, 1.54) is 16.7 Å². The molecule has 0 bridgehead atoms. The van der Waals surface area contributed by atoms with Crippen LogP contribution in [0, 0.1) is 11.3 Å². The molecule has 3 aromatic carbocycles. The maximum atomic E-state index is 14.0. The van der Waals surface area contributed by atoms with Crippen LogP contribution in [0.4, 0.5) is 0 Å². The van der Waals surface area contributed by atoms with E-state index in [4.69, 9.17) is 0 Å². The fourth-order valence-electron chi connectivity index (χ4n) is 5.02. The minimum Gasteiger partial charge on any atom is -0.492 e. The number of benzene rings is 3. The molecule has 4 aromatic rings. The summed E-state index contributed by atoms with van der Waals surface area (Å²) in [5.41, 5.74) is 1.41. The molecule has 1 unspecified atom stereocenters. The third kappa shape index (κ3) is 6.15. The predicted octanol–water partition coefficient (Wildman–Crippen LogP) is 5.89. The third-order valence-electron chi connectivity index (χ3n) is 7.32. The molecule has 218 valence electrons. The molecule has 0 amide bonds. The van der Waals surface area contributed by atoms with Gasteiger partial charge in [0.25, 0.3) is 5.56 Å². The van der Waals surface area contributed by atoms with Gasteiger partial charge in [-0.2, -0.15) is 10.2 Å². The summed E-state index contributed by atoms with van der Waals surface area (Å²) in [6.07, 6.45) is 2.29. The number of nitrogens with zero attached hydrogens (tertiary/aromatic N) is 3. The van der Waals surface area contributed by atoms with Crippen LogP contribution in [0.25, 0.3) is 11.1 Å². The van der Waals surface area contributed by atoms with Crippen LogP contribution in [0.2, 0.25) is 0 Å². The molecule has 0 radical (unpaired) electrons. The highest BCUT2D eigenvalue weighted by Gasteiger charge is 2.31. The predicted molar refractivity (Wildman–Crippen MR) is 161 cm³/mol. The van der Waals surface area contributed by atoms with E-state index in [0.29, 0.717) is 36.0 Å². The lowest BCUT2D eigenvalue weighted by Gasteiger charge is -2.23. The molecule has 2 N–H and O–H groups in total.